The van der Waals surface area contributed by atoms with E-state index in [9.17, 15) is 9.59 Å². The number of amides is 2. The van der Waals surface area contributed by atoms with Crippen LogP contribution in [0.25, 0.3) is 0 Å². The number of hydrogen-bond donors (Lipinski definition) is 1. The number of benzene rings is 2. The first-order valence-electron chi connectivity index (χ1n) is 10.8. The minimum atomic E-state index is -0.465. The van der Waals surface area contributed by atoms with Crippen LogP contribution in [0.5, 0.6) is 0 Å². The third-order valence-electron chi connectivity index (χ3n) is 5.32. The molecular weight excluding hydrogens is 392 g/mol. The van der Waals surface area contributed by atoms with Crippen LogP contribution in [0.2, 0.25) is 0 Å². The van der Waals surface area contributed by atoms with Gasteiger partial charge in [0.2, 0.25) is 11.8 Å². The van der Waals surface area contributed by atoms with Crippen molar-refractivity contribution in [2.24, 2.45) is 0 Å². The third-order valence-corrected chi connectivity index (χ3v) is 6.33. The number of carbonyl (C=O) groups is 2. The fourth-order valence-corrected chi connectivity index (χ4v) is 4.11. The molecule has 0 aliphatic rings. The van der Waals surface area contributed by atoms with Crippen LogP contribution in [-0.4, -0.2) is 34.6 Å². The molecule has 5 heteroatoms. The van der Waals surface area contributed by atoms with Crippen LogP contribution in [0.15, 0.2) is 59.5 Å². The number of thioether (sulfide) groups is 1. The van der Waals surface area contributed by atoms with Crippen molar-refractivity contribution in [2.75, 3.05) is 5.75 Å². The maximum absolute atomic E-state index is 13.2. The van der Waals surface area contributed by atoms with Gasteiger partial charge in [0.1, 0.15) is 6.04 Å². The molecule has 1 N–H and O–H groups in total. The molecular formula is C25H34N2O2S. The highest BCUT2D eigenvalue weighted by molar-refractivity contribution is 7.99. The maximum Gasteiger partial charge on any atom is 0.243 e. The molecule has 2 aromatic rings. The summed E-state index contributed by atoms with van der Waals surface area (Å²) in [6.45, 7) is 8.51. The Bertz CT molecular complexity index is 810. The van der Waals surface area contributed by atoms with Gasteiger partial charge in [-0.15, -0.1) is 11.8 Å². The highest BCUT2D eigenvalue weighted by atomic mass is 32.2. The van der Waals surface area contributed by atoms with E-state index < -0.39 is 6.04 Å². The standard InChI is InChI=1S/C25H34N2O2S/c1-5-20(4)26-25(29)23(6-2)27(18-21-13-11-10-12-19(21)3)24(28)16-17-30-22-14-8-7-9-15-22/h7-15,20,23H,5-6,16-18H2,1-4H3,(H,26,29)/t20-,23-/m0/s1. The third kappa shape index (κ3) is 7.21. The lowest BCUT2D eigenvalue weighted by Gasteiger charge is -2.32. The Morgan fingerprint density at radius 1 is 1.00 bits per heavy atom. The molecule has 4 nitrogen and oxygen atoms in total. The van der Waals surface area contributed by atoms with Gasteiger partial charge in [-0.1, -0.05) is 56.3 Å². The van der Waals surface area contributed by atoms with Gasteiger partial charge >= 0.3 is 0 Å². The lowest BCUT2D eigenvalue weighted by Crippen LogP contribution is -2.50. The zero-order chi connectivity index (χ0) is 21.9. The number of carbonyl (C=O) groups excluding carboxylic acids is 2. The van der Waals surface area contributed by atoms with E-state index in [1.165, 1.54) is 0 Å². The van der Waals surface area contributed by atoms with Crippen LogP contribution in [0.3, 0.4) is 0 Å². The van der Waals surface area contributed by atoms with E-state index in [-0.39, 0.29) is 17.9 Å². The molecule has 0 heterocycles. The summed E-state index contributed by atoms with van der Waals surface area (Å²) in [7, 11) is 0. The monoisotopic (exact) mass is 426 g/mol. The van der Waals surface area contributed by atoms with Gasteiger partial charge in [-0.05, 0) is 49.9 Å². The zero-order valence-corrected chi connectivity index (χ0v) is 19.4. The van der Waals surface area contributed by atoms with Crippen LogP contribution < -0.4 is 5.32 Å². The van der Waals surface area contributed by atoms with Gasteiger partial charge in [-0.3, -0.25) is 9.59 Å². The van der Waals surface area contributed by atoms with Gasteiger partial charge in [0, 0.05) is 29.7 Å². The molecule has 0 saturated carbocycles. The van der Waals surface area contributed by atoms with Gasteiger partial charge in [-0.25, -0.2) is 0 Å². The minimum Gasteiger partial charge on any atom is -0.352 e. The lowest BCUT2D eigenvalue weighted by molar-refractivity contribution is -0.141. The van der Waals surface area contributed by atoms with Crippen molar-refractivity contribution in [1.82, 2.24) is 10.2 Å². The molecule has 2 amide bonds. The molecule has 0 bridgehead atoms. The molecule has 30 heavy (non-hydrogen) atoms. The summed E-state index contributed by atoms with van der Waals surface area (Å²) in [5.41, 5.74) is 2.21. The van der Waals surface area contributed by atoms with E-state index in [0.29, 0.717) is 25.1 Å². The van der Waals surface area contributed by atoms with E-state index in [0.717, 1.165) is 22.4 Å². The first-order valence-corrected chi connectivity index (χ1v) is 11.8. The number of nitrogens with one attached hydrogen (secondary N) is 1. The molecule has 0 aliphatic carbocycles. The van der Waals surface area contributed by atoms with Crippen molar-refractivity contribution in [2.45, 2.75) is 70.5 Å². The Hall–Kier alpha value is -2.27. The smallest absolute Gasteiger partial charge is 0.243 e. The van der Waals surface area contributed by atoms with E-state index in [2.05, 4.69) is 17.4 Å². The van der Waals surface area contributed by atoms with Crippen LogP contribution in [0.4, 0.5) is 0 Å². The Kier molecular flexibility index (Phi) is 9.95. The second-order valence-electron chi connectivity index (χ2n) is 7.60. The maximum atomic E-state index is 13.2. The van der Waals surface area contributed by atoms with E-state index in [1.54, 1.807) is 16.7 Å². The predicted octanol–water partition coefficient (Wildman–Crippen LogP) is 5.20. The Labute approximate surface area is 185 Å². The van der Waals surface area contributed by atoms with Gasteiger partial charge in [-0.2, -0.15) is 0 Å². The first-order chi connectivity index (χ1) is 14.5. The van der Waals surface area contributed by atoms with Crippen LogP contribution in [0, 0.1) is 6.92 Å². The Balaban J connectivity index is 2.15. The quantitative estimate of drug-likeness (QED) is 0.503. The van der Waals surface area contributed by atoms with Crippen molar-refractivity contribution < 1.29 is 9.59 Å². The second kappa shape index (κ2) is 12.4. The number of hydrogen-bond acceptors (Lipinski definition) is 3. The first kappa shape index (κ1) is 24.0. The fourth-order valence-electron chi connectivity index (χ4n) is 3.25. The number of aryl methyl sites for hydroxylation is 1. The molecule has 0 aromatic heterocycles. The molecule has 0 fully saturated rings. The van der Waals surface area contributed by atoms with Crippen molar-refractivity contribution in [3.8, 4) is 0 Å². The van der Waals surface area contributed by atoms with E-state index in [4.69, 9.17) is 0 Å². The normalized spacial score (nSPS) is 12.8. The second-order valence-corrected chi connectivity index (χ2v) is 8.77. The molecule has 0 spiro atoms. The molecule has 0 saturated heterocycles. The van der Waals surface area contributed by atoms with Gasteiger partial charge in [0.25, 0.3) is 0 Å². The van der Waals surface area contributed by atoms with E-state index >= 15 is 0 Å². The fraction of sp³-hybridized carbons (Fsp3) is 0.440. The molecule has 0 unspecified atom stereocenters. The van der Waals surface area contributed by atoms with Gasteiger partial charge in [0.05, 0.1) is 0 Å². The predicted molar refractivity (Wildman–Crippen MR) is 125 cm³/mol. The van der Waals surface area contributed by atoms with Crippen molar-refractivity contribution in [1.29, 1.82) is 0 Å². The highest BCUT2D eigenvalue weighted by Gasteiger charge is 2.29. The molecule has 2 atom stereocenters. The largest absolute Gasteiger partial charge is 0.352 e. The summed E-state index contributed by atoms with van der Waals surface area (Å²) < 4.78 is 0. The van der Waals surface area contributed by atoms with Crippen molar-refractivity contribution in [3.63, 3.8) is 0 Å². The number of rotatable bonds is 11. The van der Waals surface area contributed by atoms with Crippen LogP contribution in [0.1, 0.15) is 51.2 Å². The Morgan fingerprint density at radius 3 is 2.30 bits per heavy atom. The minimum absolute atomic E-state index is 0.0211. The summed E-state index contributed by atoms with van der Waals surface area (Å²) in [6, 6.07) is 17.8. The summed E-state index contributed by atoms with van der Waals surface area (Å²) in [4.78, 5) is 29.1. The topological polar surface area (TPSA) is 49.4 Å². The molecule has 2 aromatic carbocycles. The van der Waals surface area contributed by atoms with Crippen LogP contribution >= 0.6 is 11.8 Å². The molecule has 162 valence electrons. The average Bonchev–Trinajstić information content (AvgIpc) is 2.75. The molecule has 2 rings (SSSR count). The Morgan fingerprint density at radius 2 is 1.67 bits per heavy atom. The van der Waals surface area contributed by atoms with Gasteiger partial charge in [0.15, 0.2) is 0 Å². The lowest BCUT2D eigenvalue weighted by atomic mass is 10.1. The molecule has 0 aliphatic heterocycles. The summed E-state index contributed by atoms with van der Waals surface area (Å²) in [5, 5.41) is 3.06. The highest BCUT2D eigenvalue weighted by Crippen LogP contribution is 2.21. The zero-order valence-electron chi connectivity index (χ0n) is 18.6. The van der Waals surface area contributed by atoms with Crippen molar-refractivity contribution >= 4 is 23.6 Å². The SMILES string of the molecule is CC[C@H](C)NC(=O)[C@H](CC)N(Cc1ccccc1C)C(=O)CCSc1ccccc1. The number of nitrogens with zero attached hydrogens (tertiary/aromatic N) is 1. The summed E-state index contributed by atoms with van der Waals surface area (Å²) in [5.74, 6) is 0.647. The van der Waals surface area contributed by atoms with Crippen LogP contribution in [-0.2, 0) is 16.1 Å². The van der Waals surface area contributed by atoms with Gasteiger partial charge < -0.3 is 10.2 Å². The average molecular weight is 427 g/mol. The molecule has 0 radical (unpaired) electrons. The summed E-state index contributed by atoms with van der Waals surface area (Å²) >= 11 is 1.67. The van der Waals surface area contributed by atoms with E-state index in [1.807, 2.05) is 70.2 Å². The summed E-state index contributed by atoms with van der Waals surface area (Å²) in [6.07, 6.45) is 1.85. The van der Waals surface area contributed by atoms with Crippen molar-refractivity contribution in [3.05, 3.63) is 65.7 Å².